The van der Waals surface area contributed by atoms with Crippen LogP contribution in [0.2, 0.25) is 0 Å². The molecule has 0 aliphatic rings. The van der Waals surface area contributed by atoms with E-state index in [1.165, 1.54) is 12.1 Å². The summed E-state index contributed by atoms with van der Waals surface area (Å²) in [6, 6.07) is 13.0. The van der Waals surface area contributed by atoms with E-state index in [4.69, 9.17) is 14.0 Å². The van der Waals surface area contributed by atoms with E-state index in [0.717, 1.165) is 5.56 Å². The number of halogens is 1. The fourth-order valence-corrected chi connectivity index (χ4v) is 2.57. The highest BCUT2D eigenvalue weighted by atomic mass is 19.1. The second kappa shape index (κ2) is 8.35. The fraction of sp³-hybridized carbons (Fsp3) is 0.200. The van der Waals surface area contributed by atoms with E-state index < -0.39 is 0 Å². The molecule has 7 heteroatoms. The first-order valence-electron chi connectivity index (χ1n) is 8.28. The molecule has 0 radical (unpaired) electrons. The quantitative estimate of drug-likeness (QED) is 0.690. The Morgan fingerprint density at radius 2 is 1.81 bits per heavy atom. The molecule has 1 heterocycles. The maximum absolute atomic E-state index is 13.0. The number of nitrogens with zero attached hydrogens (tertiary/aromatic N) is 1. The highest BCUT2D eigenvalue weighted by molar-refractivity contribution is 5.78. The van der Waals surface area contributed by atoms with Crippen LogP contribution < -0.4 is 14.8 Å². The van der Waals surface area contributed by atoms with Gasteiger partial charge < -0.3 is 19.3 Å². The van der Waals surface area contributed by atoms with Gasteiger partial charge in [0.25, 0.3) is 0 Å². The van der Waals surface area contributed by atoms with E-state index in [-0.39, 0.29) is 24.7 Å². The number of benzene rings is 2. The van der Waals surface area contributed by atoms with E-state index in [0.29, 0.717) is 28.5 Å². The van der Waals surface area contributed by atoms with E-state index in [2.05, 4.69) is 10.5 Å². The Kier molecular flexibility index (Phi) is 5.71. The molecule has 0 unspecified atom stereocenters. The number of nitrogens with one attached hydrogen (secondary N) is 1. The average Bonchev–Trinajstić information content (AvgIpc) is 3.16. The largest absolute Gasteiger partial charge is 0.493 e. The Morgan fingerprint density at radius 1 is 1.07 bits per heavy atom. The van der Waals surface area contributed by atoms with Crippen LogP contribution in [0.5, 0.6) is 11.5 Å². The normalized spacial score (nSPS) is 10.5. The van der Waals surface area contributed by atoms with Gasteiger partial charge in [-0.1, -0.05) is 11.2 Å². The zero-order valence-corrected chi connectivity index (χ0v) is 15.0. The Bertz CT molecular complexity index is 922. The maximum atomic E-state index is 13.0. The predicted molar refractivity (Wildman–Crippen MR) is 97.0 cm³/mol. The maximum Gasteiger partial charge on any atom is 0.224 e. The molecule has 2 aromatic carbocycles. The molecule has 1 aromatic heterocycles. The van der Waals surface area contributed by atoms with Gasteiger partial charge in [0, 0.05) is 11.6 Å². The van der Waals surface area contributed by atoms with E-state index >= 15 is 0 Å². The van der Waals surface area contributed by atoms with Gasteiger partial charge in [0.2, 0.25) is 5.91 Å². The van der Waals surface area contributed by atoms with Gasteiger partial charge in [0.05, 0.1) is 27.2 Å². The van der Waals surface area contributed by atoms with Gasteiger partial charge in [-0.15, -0.1) is 0 Å². The SMILES string of the molecule is COc1ccc(CC(=O)NCc2cc(-c3ccc(F)cc3)on2)cc1OC. The number of aromatic nitrogens is 1. The first kappa shape index (κ1) is 18.4. The molecule has 6 nitrogen and oxygen atoms in total. The van der Waals surface area contributed by atoms with Crippen molar-refractivity contribution >= 4 is 5.91 Å². The lowest BCUT2D eigenvalue weighted by atomic mass is 10.1. The third-order valence-corrected chi connectivity index (χ3v) is 3.97. The van der Waals surface area contributed by atoms with Gasteiger partial charge in [-0.05, 0) is 42.0 Å². The number of rotatable bonds is 7. The van der Waals surface area contributed by atoms with E-state index in [1.807, 2.05) is 6.07 Å². The van der Waals surface area contributed by atoms with Gasteiger partial charge in [-0.2, -0.15) is 0 Å². The molecule has 0 bridgehead atoms. The molecule has 0 fully saturated rings. The molecule has 27 heavy (non-hydrogen) atoms. The number of carbonyl (C=O) groups is 1. The lowest BCUT2D eigenvalue weighted by Crippen LogP contribution is -2.24. The van der Waals surface area contributed by atoms with Crippen LogP contribution in [0.3, 0.4) is 0 Å². The summed E-state index contributed by atoms with van der Waals surface area (Å²) >= 11 is 0. The Labute approximate surface area is 155 Å². The summed E-state index contributed by atoms with van der Waals surface area (Å²) < 4.78 is 28.6. The van der Waals surface area contributed by atoms with Crippen LogP contribution in [0.25, 0.3) is 11.3 Å². The minimum Gasteiger partial charge on any atom is -0.493 e. The topological polar surface area (TPSA) is 73.6 Å². The summed E-state index contributed by atoms with van der Waals surface area (Å²) in [7, 11) is 3.10. The van der Waals surface area contributed by atoms with Crippen molar-refractivity contribution in [2.75, 3.05) is 14.2 Å². The van der Waals surface area contributed by atoms with Crippen LogP contribution in [-0.4, -0.2) is 25.3 Å². The second-order valence-electron chi connectivity index (χ2n) is 5.83. The molecule has 3 rings (SSSR count). The van der Waals surface area contributed by atoms with Gasteiger partial charge in [0.1, 0.15) is 11.5 Å². The van der Waals surface area contributed by atoms with Crippen molar-refractivity contribution in [1.29, 1.82) is 0 Å². The minimum atomic E-state index is -0.319. The van der Waals surface area contributed by atoms with E-state index in [1.54, 1.807) is 44.6 Å². The molecule has 3 aromatic rings. The summed E-state index contributed by atoms with van der Waals surface area (Å²) in [6.07, 6.45) is 0.197. The van der Waals surface area contributed by atoms with Crippen LogP contribution in [0.15, 0.2) is 53.1 Å². The number of hydrogen-bond acceptors (Lipinski definition) is 5. The van der Waals surface area contributed by atoms with Gasteiger partial charge >= 0.3 is 0 Å². The Hall–Kier alpha value is -3.35. The molecule has 0 saturated carbocycles. The van der Waals surface area contributed by atoms with Crippen molar-refractivity contribution in [3.63, 3.8) is 0 Å². The van der Waals surface area contributed by atoms with Crippen LogP contribution >= 0.6 is 0 Å². The van der Waals surface area contributed by atoms with Gasteiger partial charge in [0.15, 0.2) is 17.3 Å². The molecule has 0 saturated heterocycles. The smallest absolute Gasteiger partial charge is 0.224 e. The molecular formula is C20H19FN2O4. The fourth-order valence-electron chi connectivity index (χ4n) is 2.57. The average molecular weight is 370 g/mol. The van der Waals surface area contributed by atoms with Crippen molar-refractivity contribution in [1.82, 2.24) is 10.5 Å². The standard InChI is InChI=1S/C20H19FN2O4/c1-25-17-8-3-13(9-19(17)26-2)10-20(24)22-12-16-11-18(27-23-16)14-4-6-15(21)7-5-14/h3-9,11H,10,12H2,1-2H3,(H,22,24). The second-order valence-corrected chi connectivity index (χ2v) is 5.83. The van der Waals surface area contributed by atoms with Crippen molar-refractivity contribution in [3.8, 4) is 22.8 Å². The van der Waals surface area contributed by atoms with Crippen molar-refractivity contribution in [2.45, 2.75) is 13.0 Å². The molecule has 0 atom stereocenters. The molecule has 0 aliphatic heterocycles. The number of methoxy groups -OCH3 is 2. The van der Waals surface area contributed by atoms with Crippen LogP contribution in [0.1, 0.15) is 11.3 Å². The highest BCUT2D eigenvalue weighted by Gasteiger charge is 2.11. The first-order chi connectivity index (χ1) is 13.1. The summed E-state index contributed by atoms with van der Waals surface area (Å²) in [6.45, 7) is 0.233. The van der Waals surface area contributed by atoms with Gasteiger partial charge in [-0.25, -0.2) is 4.39 Å². The zero-order valence-electron chi connectivity index (χ0n) is 15.0. The lowest BCUT2D eigenvalue weighted by molar-refractivity contribution is -0.120. The predicted octanol–water partition coefficient (Wildman–Crippen LogP) is 3.36. The summed E-state index contributed by atoms with van der Waals surface area (Å²) in [5.41, 5.74) is 2.10. The van der Waals surface area contributed by atoms with Crippen molar-refractivity contribution < 1.29 is 23.2 Å². The number of amides is 1. The highest BCUT2D eigenvalue weighted by Crippen LogP contribution is 2.27. The van der Waals surface area contributed by atoms with Crippen LogP contribution in [0, 0.1) is 5.82 Å². The Balaban J connectivity index is 1.57. The zero-order chi connectivity index (χ0) is 19.2. The van der Waals surface area contributed by atoms with E-state index in [9.17, 15) is 9.18 Å². The Morgan fingerprint density at radius 3 is 2.52 bits per heavy atom. The first-order valence-corrected chi connectivity index (χ1v) is 8.28. The third-order valence-electron chi connectivity index (χ3n) is 3.97. The lowest BCUT2D eigenvalue weighted by Gasteiger charge is -2.09. The molecule has 140 valence electrons. The van der Waals surface area contributed by atoms with Crippen molar-refractivity contribution in [3.05, 3.63) is 65.6 Å². The summed E-state index contributed by atoms with van der Waals surface area (Å²) in [4.78, 5) is 12.2. The minimum absolute atomic E-state index is 0.159. The number of carbonyl (C=O) groups excluding carboxylic acids is 1. The number of hydrogen-bond donors (Lipinski definition) is 1. The summed E-state index contributed by atoms with van der Waals surface area (Å²) in [5.74, 6) is 1.22. The molecule has 0 aliphatic carbocycles. The molecule has 0 spiro atoms. The van der Waals surface area contributed by atoms with Crippen LogP contribution in [-0.2, 0) is 17.8 Å². The monoisotopic (exact) mass is 370 g/mol. The molecule has 1 amide bonds. The van der Waals surface area contributed by atoms with Gasteiger partial charge in [-0.3, -0.25) is 4.79 Å². The molecule has 1 N–H and O–H groups in total. The summed E-state index contributed by atoms with van der Waals surface area (Å²) in [5, 5.41) is 6.72. The number of ether oxygens (including phenoxy) is 2. The third kappa shape index (κ3) is 4.63. The van der Waals surface area contributed by atoms with Crippen LogP contribution in [0.4, 0.5) is 4.39 Å². The van der Waals surface area contributed by atoms with Crippen molar-refractivity contribution in [2.24, 2.45) is 0 Å². The molecular weight excluding hydrogens is 351 g/mol.